The molecule has 1 fully saturated rings. The molecular formula is C23H31F6N3O2. The maximum absolute atomic E-state index is 13.0. The van der Waals surface area contributed by atoms with Crippen molar-refractivity contribution >= 4 is 11.8 Å². The molecule has 1 aromatic carbocycles. The number of nitrogens with one attached hydrogen (secondary N) is 1. The van der Waals surface area contributed by atoms with Gasteiger partial charge in [0.05, 0.1) is 11.1 Å². The zero-order valence-corrected chi connectivity index (χ0v) is 19.7. The number of amides is 2. The summed E-state index contributed by atoms with van der Waals surface area (Å²) in [6, 6.07) is 0.865. The molecule has 0 spiro atoms. The molecule has 0 bridgehead atoms. The molecule has 0 saturated carbocycles. The van der Waals surface area contributed by atoms with Gasteiger partial charge in [-0.25, -0.2) is 0 Å². The molecular weight excluding hydrogens is 464 g/mol. The molecule has 0 radical (unpaired) electrons. The van der Waals surface area contributed by atoms with Crippen LogP contribution in [0.2, 0.25) is 0 Å². The zero-order valence-electron chi connectivity index (χ0n) is 19.7. The first-order chi connectivity index (χ1) is 15.5. The van der Waals surface area contributed by atoms with Crippen LogP contribution in [0.15, 0.2) is 18.2 Å². The van der Waals surface area contributed by atoms with E-state index in [0.29, 0.717) is 38.1 Å². The Morgan fingerprint density at radius 2 is 1.47 bits per heavy atom. The molecule has 5 nitrogen and oxygen atoms in total. The van der Waals surface area contributed by atoms with Gasteiger partial charge in [0.2, 0.25) is 5.91 Å². The van der Waals surface area contributed by atoms with E-state index < -0.39 is 40.4 Å². The minimum atomic E-state index is -5.01. The highest BCUT2D eigenvalue weighted by Gasteiger charge is 2.37. The number of likely N-dealkylation sites (tertiary alicyclic amines) is 1. The van der Waals surface area contributed by atoms with Crippen molar-refractivity contribution in [2.45, 2.75) is 46.0 Å². The maximum Gasteiger partial charge on any atom is 0.416 e. The lowest BCUT2D eigenvalue weighted by molar-refractivity contribution is -0.143. The van der Waals surface area contributed by atoms with Crippen molar-refractivity contribution < 1.29 is 35.9 Å². The van der Waals surface area contributed by atoms with Crippen molar-refractivity contribution in [1.82, 2.24) is 15.1 Å². The predicted octanol–water partition coefficient (Wildman–Crippen LogP) is 4.67. The molecule has 0 aromatic heterocycles. The Hall–Kier alpha value is -2.30. The Labute approximate surface area is 195 Å². The third-order valence-electron chi connectivity index (χ3n) is 5.85. The molecule has 0 atom stereocenters. The Morgan fingerprint density at radius 1 is 0.971 bits per heavy atom. The molecule has 34 heavy (non-hydrogen) atoms. The molecule has 1 saturated heterocycles. The van der Waals surface area contributed by atoms with E-state index in [1.807, 2.05) is 20.8 Å². The fourth-order valence-corrected chi connectivity index (χ4v) is 3.80. The van der Waals surface area contributed by atoms with Crippen LogP contribution in [-0.2, 0) is 17.1 Å². The van der Waals surface area contributed by atoms with Gasteiger partial charge in [0, 0.05) is 37.7 Å². The summed E-state index contributed by atoms with van der Waals surface area (Å²) in [5.74, 6) is -0.864. The van der Waals surface area contributed by atoms with E-state index in [0.717, 1.165) is 13.1 Å². The van der Waals surface area contributed by atoms with Crippen LogP contribution in [0.25, 0.3) is 0 Å². The van der Waals surface area contributed by atoms with Gasteiger partial charge in [0.25, 0.3) is 5.91 Å². The lowest BCUT2D eigenvalue weighted by Gasteiger charge is -2.34. The third kappa shape index (κ3) is 7.89. The van der Waals surface area contributed by atoms with Gasteiger partial charge in [-0.1, -0.05) is 20.8 Å². The van der Waals surface area contributed by atoms with Crippen LogP contribution in [0.4, 0.5) is 26.3 Å². The van der Waals surface area contributed by atoms with Gasteiger partial charge in [-0.3, -0.25) is 9.59 Å². The lowest BCUT2D eigenvalue weighted by atomic mass is 9.95. The molecule has 0 aliphatic carbocycles. The van der Waals surface area contributed by atoms with Crippen molar-refractivity contribution in [1.29, 1.82) is 0 Å². The van der Waals surface area contributed by atoms with Crippen molar-refractivity contribution in [3.8, 4) is 0 Å². The number of alkyl halides is 6. The highest BCUT2D eigenvalue weighted by molar-refractivity contribution is 5.94. The number of hydrogen-bond donors (Lipinski definition) is 1. The average molecular weight is 496 g/mol. The van der Waals surface area contributed by atoms with Gasteiger partial charge in [0.15, 0.2) is 0 Å². The zero-order chi connectivity index (χ0) is 25.9. The highest BCUT2D eigenvalue weighted by atomic mass is 19.4. The first kappa shape index (κ1) is 27.9. The summed E-state index contributed by atoms with van der Waals surface area (Å²) in [7, 11) is 1.76. The van der Waals surface area contributed by atoms with Crippen LogP contribution in [0.3, 0.4) is 0 Å². The van der Waals surface area contributed by atoms with Crippen LogP contribution in [0.1, 0.15) is 55.1 Å². The standard InChI is InChI=1S/C23H31F6N3O2/c1-21(2,3)20(34)31(4)9-10-32-7-5-15(6-8-32)14-30-19(33)16-11-17(22(24,25)26)13-18(12-16)23(27,28)29/h11-13,15H,5-10,14H2,1-4H3,(H,30,33). The summed E-state index contributed by atoms with van der Waals surface area (Å²) < 4.78 is 78.0. The first-order valence-electron chi connectivity index (χ1n) is 11.0. The Morgan fingerprint density at radius 3 is 1.91 bits per heavy atom. The van der Waals surface area contributed by atoms with Gasteiger partial charge < -0.3 is 15.1 Å². The summed E-state index contributed by atoms with van der Waals surface area (Å²) in [6.07, 6.45) is -8.58. The van der Waals surface area contributed by atoms with Gasteiger partial charge in [-0.15, -0.1) is 0 Å². The molecule has 192 valence electrons. The van der Waals surface area contributed by atoms with Crippen LogP contribution in [0.5, 0.6) is 0 Å². The summed E-state index contributed by atoms with van der Waals surface area (Å²) in [6.45, 7) is 8.45. The van der Waals surface area contributed by atoms with Crippen molar-refractivity contribution in [3.63, 3.8) is 0 Å². The molecule has 1 aromatic rings. The number of likely N-dealkylation sites (N-methyl/N-ethyl adjacent to an activating group) is 1. The number of nitrogens with zero attached hydrogens (tertiary/aromatic N) is 2. The number of carbonyl (C=O) groups excluding carboxylic acids is 2. The van der Waals surface area contributed by atoms with Crippen molar-refractivity contribution in [3.05, 3.63) is 34.9 Å². The van der Waals surface area contributed by atoms with Gasteiger partial charge in [-0.2, -0.15) is 26.3 Å². The highest BCUT2D eigenvalue weighted by Crippen LogP contribution is 2.36. The normalized spacial score (nSPS) is 16.4. The van der Waals surface area contributed by atoms with E-state index in [-0.39, 0.29) is 24.4 Å². The van der Waals surface area contributed by atoms with Crippen LogP contribution < -0.4 is 5.32 Å². The van der Waals surface area contributed by atoms with E-state index in [2.05, 4.69) is 10.2 Å². The summed E-state index contributed by atoms with van der Waals surface area (Å²) in [4.78, 5) is 28.5. The Bertz CT molecular complexity index is 837. The number of halogens is 6. The molecule has 1 aliphatic rings. The fraction of sp³-hybridized carbons (Fsp3) is 0.652. The predicted molar refractivity (Wildman–Crippen MR) is 115 cm³/mol. The second-order valence-electron chi connectivity index (χ2n) is 9.77. The van der Waals surface area contributed by atoms with Gasteiger partial charge in [-0.05, 0) is 50.0 Å². The minimum Gasteiger partial charge on any atom is -0.352 e. The van der Waals surface area contributed by atoms with E-state index >= 15 is 0 Å². The van der Waals surface area contributed by atoms with Crippen molar-refractivity contribution in [2.24, 2.45) is 11.3 Å². The summed E-state index contributed by atoms with van der Waals surface area (Å²) in [5, 5.41) is 2.48. The Balaban J connectivity index is 1.88. The minimum absolute atomic E-state index is 0.00100. The summed E-state index contributed by atoms with van der Waals surface area (Å²) >= 11 is 0. The molecule has 1 aliphatic heterocycles. The molecule has 2 amide bonds. The van der Waals surface area contributed by atoms with Crippen LogP contribution >= 0.6 is 0 Å². The van der Waals surface area contributed by atoms with E-state index in [4.69, 9.17) is 0 Å². The third-order valence-corrected chi connectivity index (χ3v) is 5.85. The van der Waals surface area contributed by atoms with Gasteiger partial charge >= 0.3 is 12.4 Å². The Kier molecular flexibility index (Phi) is 8.66. The van der Waals surface area contributed by atoms with E-state index in [1.54, 1.807) is 11.9 Å². The van der Waals surface area contributed by atoms with E-state index in [9.17, 15) is 35.9 Å². The van der Waals surface area contributed by atoms with Crippen molar-refractivity contribution in [2.75, 3.05) is 39.8 Å². The SMILES string of the molecule is CN(CCN1CCC(CNC(=O)c2cc(C(F)(F)F)cc(C(F)(F)F)c2)CC1)C(=O)C(C)(C)C. The maximum atomic E-state index is 13.0. The largest absolute Gasteiger partial charge is 0.416 e. The fourth-order valence-electron chi connectivity index (χ4n) is 3.80. The molecule has 11 heteroatoms. The van der Waals surface area contributed by atoms with E-state index in [1.165, 1.54) is 0 Å². The number of benzene rings is 1. The second-order valence-corrected chi connectivity index (χ2v) is 9.77. The number of hydrogen-bond acceptors (Lipinski definition) is 3. The van der Waals surface area contributed by atoms with Crippen LogP contribution in [0, 0.1) is 11.3 Å². The number of carbonyl (C=O) groups is 2. The number of piperidine rings is 1. The smallest absolute Gasteiger partial charge is 0.352 e. The summed E-state index contributed by atoms with van der Waals surface area (Å²) in [5.41, 5.74) is -4.17. The average Bonchev–Trinajstić information content (AvgIpc) is 2.73. The quantitative estimate of drug-likeness (QED) is 0.584. The second kappa shape index (κ2) is 10.5. The molecule has 0 unspecified atom stereocenters. The van der Waals surface area contributed by atoms with Crippen LogP contribution in [-0.4, -0.2) is 61.4 Å². The number of rotatable bonds is 6. The molecule has 1 N–H and O–H groups in total. The monoisotopic (exact) mass is 495 g/mol. The van der Waals surface area contributed by atoms with Gasteiger partial charge in [0.1, 0.15) is 0 Å². The molecule has 1 heterocycles. The lowest BCUT2D eigenvalue weighted by Crippen LogP contribution is -2.44. The topological polar surface area (TPSA) is 52.6 Å². The molecule has 2 rings (SSSR count). The first-order valence-corrected chi connectivity index (χ1v) is 11.0.